The zero-order valence-electron chi connectivity index (χ0n) is 6.54. The number of anilines is 1. The van der Waals surface area contributed by atoms with Gasteiger partial charge in [-0.2, -0.15) is 4.98 Å². The molecule has 0 amide bonds. The lowest BCUT2D eigenvalue weighted by molar-refractivity contribution is 0.311. The molecule has 0 spiro atoms. The van der Waals surface area contributed by atoms with E-state index in [4.69, 9.17) is 10.6 Å². The predicted molar refractivity (Wildman–Crippen MR) is 41.0 cm³/mol. The summed E-state index contributed by atoms with van der Waals surface area (Å²) < 4.78 is 17.6. The molecule has 1 aromatic rings. The van der Waals surface area contributed by atoms with Crippen molar-refractivity contribution in [3.8, 4) is 6.01 Å². The Hall–Kier alpha value is -1.43. The van der Waals surface area contributed by atoms with Gasteiger partial charge in [0.2, 0.25) is 0 Å². The van der Waals surface area contributed by atoms with Crippen molar-refractivity contribution < 1.29 is 9.13 Å². The largest absolute Gasteiger partial charge is 0.464 e. The fourth-order valence-electron chi connectivity index (χ4n) is 0.651. The van der Waals surface area contributed by atoms with Crippen molar-refractivity contribution in [2.45, 2.75) is 6.92 Å². The van der Waals surface area contributed by atoms with Crippen LogP contribution in [0, 0.1) is 5.82 Å². The number of nitrogens with one attached hydrogen (secondary N) is 1. The fourth-order valence-corrected chi connectivity index (χ4v) is 0.651. The zero-order valence-corrected chi connectivity index (χ0v) is 6.54. The van der Waals surface area contributed by atoms with Crippen molar-refractivity contribution >= 4 is 5.82 Å². The molecule has 0 aliphatic carbocycles. The Kier molecular flexibility index (Phi) is 2.76. The minimum absolute atomic E-state index is 0.0755. The highest BCUT2D eigenvalue weighted by Crippen LogP contribution is 2.11. The van der Waals surface area contributed by atoms with Crippen LogP contribution in [0.25, 0.3) is 0 Å². The summed E-state index contributed by atoms with van der Waals surface area (Å²) in [6.45, 7) is 2.21. The fraction of sp³-hybridized carbons (Fsp3) is 0.333. The number of nitrogens with zero attached hydrogens (tertiary/aromatic N) is 2. The molecule has 0 saturated carbocycles. The maximum Gasteiger partial charge on any atom is 0.318 e. The summed E-state index contributed by atoms with van der Waals surface area (Å²) in [5, 5.41) is 0. The molecule has 0 aliphatic rings. The van der Waals surface area contributed by atoms with Crippen LogP contribution in [-0.4, -0.2) is 16.6 Å². The van der Waals surface area contributed by atoms with E-state index in [-0.39, 0.29) is 11.8 Å². The number of nitrogen functional groups attached to an aromatic ring is 1. The Bertz CT molecular complexity index is 268. The second-order valence-corrected chi connectivity index (χ2v) is 1.93. The number of hydrogen-bond donors (Lipinski definition) is 2. The van der Waals surface area contributed by atoms with Gasteiger partial charge in [0.05, 0.1) is 12.8 Å². The van der Waals surface area contributed by atoms with Crippen LogP contribution in [0.15, 0.2) is 6.20 Å². The highest BCUT2D eigenvalue weighted by molar-refractivity contribution is 5.34. The van der Waals surface area contributed by atoms with Gasteiger partial charge < -0.3 is 10.2 Å². The molecule has 12 heavy (non-hydrogen) atoms. The molecule has 66 valence electrons. The summed E-state index contributed by atoms with van der Waals surface area (Å²) in [5.41, 5.74) is 2.09. The standard InChI is InChI=1S/C6H9FN4O/c1-2-12-6-9-3-4(7)5(10-6)11-8/h3H,2,8H2,1H3,(H,9,10,11). The molecule has 0 saturated heterocycles. The summed E-state index contributed by atoms with van der Waals surface area (Å²) in [7, 11) is 0. The van der Waals surface area contributed by atoms with Crippen molar-refractivity contribution in [2.75, 3.05) is 12.0 Å². The molecule has 0 fully saturated rings. The van der Waals surface area contributed by atoms with Crippen LogP contribution < -0.4 is 16.0 Å². The molecule has 0 aliphatic heterocycles. The summed E-state index contributed by atoms with van der Waals surface area (Å²) in [4.78, 5) is 7.21. The van der Waals surface area contributed by atoms with E-state index in [0.717, 1.165) is 6.20 Å². The molecule has 1 aromatic heterocycles. The Balaban J connectivity index is 2.89. The lowest BCUT2D eigenvalue weighted by Crippen LogP contribution is -2.11. The number of hydrazine groups is 1. The first-order valence-electron chi connectivity index (χ1n) is 3.40. The van der Waals surface area contributed by atoms with Gasteiger partial charge >= 0.3 is 6.01 Å². The quantitative estimate of drug-likeness (QED) is 0.506. The number of ether oxygens (including phenoxy) is 1. The van der Waals surface area contributed by atoms with Crippen molar-refractivity contribution in [2.24, 2.45) is 5.84 Å². The highest BCUT2D eigenvalue weighted by Gasteiger charge is 2.04. The first-order valence-corrected chi connectivity index (χ1v) is 3.40. The third kappa shape index (κ3) is 1.79. The number of nitrogens with two attached hydrogens (primary N) is 1. The van der Waals surface area contributed by atoms with E-state index in [0.29, 0.717) is 6.61 Å². The monoisotopic (exact) mass is 172 g/mol. The van der Waals surface area contributed by atoms with Gasteiger partial charge in [-0.1, -0.05) is 0 Å². The Morgan fingerprint density at radius 3 is 3.08 bits per heavy atom. The normalized spacial score (nSPS) is 9.58. The number of hydrogen-bond acceptors (Lipinski definition) is 5. The van der Waals surface area contributed by atoms with Crippen LogP contribution in [0.5, 0.6) is 6.01 Å². The molecular weight excluding hydrogens is 163 g/mol. The summed E-state index contributed by atoms with van der Waals surface area (Å²) in [6.07, 6.45) is 0.993. The first-order chi connectivity index (χ1) is 5.77. The maximum atomic E-state index is 12.7. The smallest absolute Gasteiger partial charge is 0.318 e. The molecule has 5 nitrogen and oxygen atoms in total. The minimum atomic E-state index is -0.610. The van der Waals surface area contributed by atoms with Crippen LogP contribution in [0.4, 0.5) is 10.2 Å². The Morgan fingerprint density at radius 1 is 1.75 bits per heavy atom. The van der Waals surface area contributed by atoms with Gasteiger partial charge in [-0.3, -0.25) is 0 Å². The lowest BCUT2D eigenvalue weighted by Gasteiger charge is -2.03. The van der Waals surface area contributed by atoms with Crippen LogP contribution in [0.2, 0.25) is 0 Å². The van der Waals surface area contributed by atoms with E-state index in [9.17, 15) is 4.39 Å². The predicted octanol–water partition coefficient (Wildman–Crippen LogP) is 0.300. The minimum Gasteiger partial charge on any atom is -0.464 e. The van der Waals surface area contributed by atoms with E-state index >= 15 is 0 Å². The van der Waals surface area contributed by atoms with Gasteiger partial charge in [0.1, 0.15) is 0 Å². The second kappa shape index (κ2) is 3.82. The van der Waals surface area contributed by atoms with E-state index in [1.54, 1.807) is 6.92 Å². The van der Waals surface area contributed by atoms with Crippen molar-refractivity contribution in [3.63, 3.8) is 0 Å². The molecular formula is C6H9FN4O. The average molecular weight is 172 g/mol. The average Bonchev–Trinajstić information content (AvgIpc) is 2.09. The maximum absolute atomic E-state index is 12.7. The molecule has 0 aromatic carbocycles. The van der Waals surface area contributed by atoms with Crippen molar-refractivity contribution in [1.29, 1.82) is 0 Å². The van der Waals surface area contributed by atoms with E-state index in [1.807, 2.05) is 0 Å². The van der Waals surface area contributed by atoms with Gasteiger partial charge in [-0.15, -0.1) is 0 Å². The number of rotatable bonds is 3. The number of halogens is 1. The number of aromatic nitrogens is 2. The summed E-state index contributed by atoms with van der Waals surface area (Å²) >= 11 is 0. The molecule has 1 rings (SSSR count). The molecule has 3 N–H and O–H groups in total. The van der Waals surface area contributed by atoms with Gasteiger partial charge in [-0.05, 0) is 6.92 Å². The van der Waals surface area contributed by atoms with Crippen molar-refractivity contribution in [1.82, 2.24) is 9.97 Å². The third-order valence-electron chi connectivity index (χ3n) is 1.13. The third-order valence-corrected chi connectivity index (χ3v) is 1.13. The molecule has 0 bridgehead atoms. The van der Waals surface area contributed by atoms with Crippen LogP contribution in [0.1, 0.15) is 6.92 Å². The summed E-state index contributed by atoms with van der Waals surface area (Å²) in [6, 6.07) is 0.104. The van der Waals surface area contributed by atoms with Gasteiger partial charge in [-0.25, -0.2) is 15.2 Å². The van der Waals surface area contributed by atoms with E-state index in [1.165, 1.54) is 0 Å². The van der Waals surface area contributed by atoms with Gasteiger partial charge in [0, 0.05) is 0 Å². The SMILES string of the molecule is CCOc1ncc(F)c(NN)n1. The Labute approximate surface area is 68.7 Å². The molecule has 0 radical (unpaired) electrons. The highest BCUT2D eigenvalue weighted by atomic mass is 19.1. The van der Waals surface area contributed by atoms with Crippen LogP contribution in [0.3, 0.4) is 0 Å². The van der Waals surface area contributed by atoms with Crippen LogP contribution >= 0.6 is 0 Å². The zero-order chi connectivity index (χ0) is 8.97. The lowest BCUT2D eigenvalue weighted by atomic mass is 10.6. The first kappa shape index (κ1) is 8.66. The second-order valence-electron chi connectivity index (χ2n) is 1.93. The van der Waals surface area contributed by atoms with E-state index < -0.39 is 5.82 Å². The van der Waals surface area contributed by atoms with Crippen LogP contribution in [-0.2, 0) is 0 Å². The molecule has 0 unspecified atom stereocenters. The van der Waals surface area contributed by atoms with E-state index in [2.05, 4.69) is 15.4 Å². The topological polar surface area (TPSA) is 73.1 Å². The molecule has 6 heteroatoms. The Morgan fingerprint density at radius 2 is 2.50 bits per heavy atom. The molecule has 1 heterocycles. The molecule has 0 atom stereocenters. The van der Waals surface area contributed by atoms with Gasteiger partial charge in [0.15, 0.2) is 11.6 Å². The summed E-state index contributed by atoms with van der Waals surface area (Å²) in [5.74, 6) is 4.29. The van der Waals surface area contributed by atoms with Crippen molar-refractivity contribution in [3.05, 3.63) is 12.0 Å². The van der Waals surface area contributed by atoms with Gasteiger partial charge in [0.25, 0.3) is 0 Å².